The minimum atomic E-state index is -3.52. The molecule has 0 amide bonds. The fourth-order valence-corrected chi connectivity index (χ4v) is 4.10. The molecule has 5 nitrogen and oxygen atoms in total. The first-order chi connectivity index (χ1) is 9.84. The summed E-state index contributed by atoms with van der Waals surface area (Å²) in [7, 11) is -0.105. The second-order valence-electron chi connectivity index (χ2n) is 5.33. The molecule has 0 saturated carbocycles. The lowest BCUT2D eigenvalue weighted by atomic mass is 10.1. The number of ether oxygens (including phenoxy) is 1. The Bertz CT molecular complexity index is 556. The second-order valence-corrected chi connectivity index (χ2v) is 7.19. The molecule has 1 N–H and O–H groups in total. The highest BCUT2D eigenvalue weighted by Crippen LogP contribution is 2.23. The fourth-order valence-electron chi connectivity index (χ4n) is 2.20. The Morgan fingerprint density at radius 2 is 2.00 bits per heavy atom. The molecule has 0 heterocycles. The zero-order chi connectivity index (χ0) is 16.0. The van der Waals surface area contributed by atoms with Crippen LogP contribution in [0, 0.1) is 6.92 Å². The van der Waals surface area contributed by atoms with Crippen LogP contribution in [0.15, 0.2) is 23.1 Å². The molecule has 0 unspecified atom stereocenters. The Morgan fingerprint density at radius 1 is 1.33 bits per heavy atom. The van der Waals surface area contributed by atoms with E-state index in [4.69, 9.17) is 4.74 Å². The molecule has 0 aliphatic rings. The molecule has 0 atom stereocenters. The molecule has 1 rings (SSSR count). The highest BCUT2D eigenvalue weighted by molar-refractivity contribution is 7.89. The molecule has 0 aliphatic heterocycles. The molecule has 0 bridgehead atoms. The monoisotopic (exact) mass is 314 g/mol. The number of benzene rings is 1. The van der Waals surface area contributed by atoms with Crippen molar-refractivity contribution >= 4 is 10.0 Å². The van der Waals surface area contributed by atoms with Gasteiger partial charge in [-0.15, -0.1) is 0 Å². The largest absolute Gasteiger partial charge is 0.383 e. The lowest BCUT2D eigenvalue weighted by molar-refractivity contribution is 0.171. The van der Waals surface area contributed by atoms with E-state index >= 15 is 0 Å². The minimum Gasteiger partial charge on any atom is -0.383 e. The third kappa shape index (κ3) is 4.51. The Balaban J connectivity index is 3.23. The lowest BCUT2D eigenvalue weighted by Crippen LogP contribution is -2.39. The van der Waals surface area contributed by atoms with Crippen molar-refractivity contribution in [2.45, 2.75) is 38.3 Å². The Hall–Kier alpha value is -0.950. The van der Waals surface area contributed by atoms with Crippen molar-refractivity contribution in [3.05, 3.63) is 29.3 Å². The number of sulfonamides is 1. The van der Waals surface area contributed by atoms with Crippen molar-refractivity contribution in [1.82, 2.24) is 9.62 Å². The summed E-state index contributed by atoms with van der Waals surface area (Å²) in [4.78, 5) is 0.375. The van der Waals surface area contributed by atoms with Gasteiger partial charge in [0.2, 0.25) is 10.0 Å². The molecule has 1 aromatic rings. The van der Waals surface area contributed by atoms with E-state index in [0.717, 1.165) is 11.1 Å². The number of hydrogen-bond donors (Lipinski definition) is 1. The van der Waals surface area contributed by atoms with Crippen LogP contribution in [0.1, 0.15) is 25.0 Å². The predicted octanol–water partition coefficient (Wildman–Crippen LogP) is 1.76. The van der Waals surface area contributed by atoms with Crippen LogP contribution in [-0.4, -0.2) is 46.1 Å². The van der Waals surface area contributed by atoms with Gasteiger partial charge in [-0.3, -0.25) is 0 Å². The number of nitrogens with zero attached hydrogens (tertiary/aromatic N) is 1. The number of nitrogens with one attached hydrogen (secondary N) is 1. The highest BCUT2D eigenvalue weighted by atomic mass is 32.2. The number of hydrogen-bond acceptors (Lipinski definition) is 4. The van der Waals surface area contributed by atoms with Gasteiger partial charge in [0, 0.05) is 26.2 Å². The summed E-state index contributed by atoms with van der Waals surface area (Å²) < 4.78 is 32.3. The van der Waals surface area contributed by atoms with Crippen LogP contribution >= 0.6 is 0 Å². The molecule has 6 heteroatoms. The third-order valence-corrected chi connectivity index (χ3v) is 5.53. The van der Waals surface area contributed by atoms with Gasteiger partial charge in [0.25, 0.3) is 0 Å². The van der Waals surface area contributed by atoms with E-state index in [-0.39, 0.29) is 6.04 Å². The summed E-state index contributed by atoms with van der Waals surface area (Å²) in [5.41, 5.74) is 1.72. The van der Waals surface area contributed by atoms with Gasteiger partial charge >= 0.3 is 0 Å². The summed E-state index contributed by atoms with van der Waals surface area (Å²) in [6.45, 7) is 6.95. The summed E-state index contributed by atoms with van der Waals surface area (Å²) in [6, 6.07) is 5.44. The standard InChI is InChI=1S/C15H26N2O3S/c1-12(2)17(8-9-20-5)21(18,19)15-10-14(11-16-4)7-6-13(15)3/h6-7,10,12,16H,8-9,11H2,1-5H3. The zero-order valence-corrected chi connectivity index (χ0v) is 14.3. The highest BCUT2D eigenvalue weighted by Gasteiger charge is 2.28. The molecule has 0 aromatic heterocycles. The van der Waals surface area contributed by atoms with Gasteiger partial charge in [-0.2, -0.15) is 4.31 Å². The number of rotatable bonds is 8. The first-order valence-electron chi connectivity index (χ1n) is 7.09. The average molecular weight is 314 g/mol. The van der Waals surface area contributed by atoms with E-state index in [9.17, 15) is 8.42 Å². The van der Waals surface area contributed by atoms with Gasteiger partial charge in [-0.05, 0) is 45.0 Å². The predicted molar refractivity (Wildman–Crippen MR) is 84.8 cm³/mol. The summed E-state index contributed by atoms with van der Waals surface area (Å²) >= 11 is 0. The summed E-state index contributed by atoms with van der Waals surface area (Å²) in [5, 5.41) is 3.04. The third-order valence-electron chi connectivity index (χ3n) is 3.31. The molecule has 0 radical (unpaired) electrons. The molecule has 0 spiro atoms. The maximum absolute atomic E-state index is 12.9. The van der Waals surface area contributed by atoms with Crippen LogP contribution in [-0.2, 0) is 21.3 Å². The second kappa shape index (κ2) is 7.89. The quantitative estimate of drug-likeness (QED) is 0.794. The smallest absolute Gasteiger partial charge is 0.243 e. The molecule has 21 heavy (non-hydrogen) atoms. The van der Waals surface area contributed by atoms with Crippen LogP contribution < -0.4 is 5.32 Å². The summed E-state index contributed by atoms with van der Waals surface area (Å²) in [5.74, 6) is 0. The van der Waals surface area contributed by atoms with Gasteiger partial charge in [0.05, 0.1) is 11.5 Å². The average Bonchev–Trinajstić information content (AvgIpc) is 2.41. The fraction of sp³-hybridized carbons (Fsp3) is 0.600. The van der Waals surface area contributed by atoms with Crippen LogP contribution in [0.25, 0.3) is 0 Å². The van der Waals surface area contributed by atoms with E-state index in [1.807, 2.05) is 40.0 Å². The van der Waals surface area contributed by atoms with E-state index < -0.39 is 10.0 Å². The Kier molecular flexibility index (Phi) is 6.80. The number of aryl methyl sites for hydroxylation is 1. The van der Waals surface area contributed by atoms with Crippen LogP contribution in [0.2, 0.25) is 0 Å². The molecule has 0 aliphatic carbocycles. The molecular formula is C15H26N2O3S. The molecule has 1 aromatic carbocycles. The van der Waals surface area contributed by atoms with Crippen molar-refractivity contribution in [2.75, 3.05) is 27.3 Å². The maximum Gasteiger partial charge on any atom is 0.243 e. The van der Waals surface area contributed by atoms with Gasteiger partial charge in [-0.1, -0.05) is 12.1 Å². The maximum atomic E-state index is 12.9. The minimum absolute atomic E-state index is 0.113. The van der Waals surface area contributed by atoms with E-state index in [0.29, 0.717) is 24.6 Å². The van der Waals surface area contributed by atoms with Crippen LogP contribution in [0.5, 0.6) is 0 Å². The first-order valence-corrected chi connectivity index (χ1v) is 8.53. The van der Waals surface area contributed by atoms with Crippen LogP contribution in [0.3, 0.4) is 0 Å². The Labute approximate surface area is 128 Å². The normalized spacial score (nSPS) is 12.3. The van der Waals surface area contributed by atoms with E-state index in [2.05, 4.69) is 5.32 Å². The van der Waals surface area contributed by atoms with Gasteiger partial charge < -0.3 is 10.1 Å². The van der Waals surface area contributed by atoms with Crippen molar-refractivity contribution in [3.63, 3.8) is 0 Å². The molecular weight excluding hydrogens is 288 g/mol. The molecule has 120 valence electrons. The van der Waals surface area contributed by atoms with Crippen molar-refractivity contribution in [2.24, 2.45) is 0 Å². The number of methoxy groups -OCH3 is 1. The first kappa shape index (κ1) is 18.1. The van der Waals surface area contributed by atoms with Crippen LogP contribution in [0.4, 0.5) is 0 Å². The molecule has 0 fully saturated rings. The van der Waals surface area contributed by atoms with E-state index in [1.54, 1.807) is 13.2 Å². The van der Waals surface area contributed by atoms with Gasteiger partial charge in [0.1, 0.15) is 0 Å². The Morgan fingerprint density at radius 3 is 2.52 bits per heavy atom. The van der Waals surface area contributed by atoms with Crippen molar-refractivity contribution < 1.29 is 13.2 Å². The SMILES string of the molecule is CNCc1ccc(C)c(S(=O)(=O)N(CCOC)C(C)C)c1. The molecule has 0 saturated heterocycles. The topological polar surface area (TPSA) is 58.6 Å². The van der Waals surface area contributed by atoms with Gasteiger partial charge in [0.15, 0.2) is 0 Å². The van der Waals surface area contributed by atoms with E-state index in [1.165, 1.54) is 4.31 Å². The van der Waals surface area contributed by atoms with Crippen molar-refractivity contribution in [3.8, 4) is 0 Å². The van der Waals surface area contributed by atoms with Gasteiger partial charge in [-0.25, -0.2) is 8.42 Å². The lowest BCUT2D eigenvalue weighted by Gasteiger charge is -2.26. The zero-order valence-electron chi connectivity index (χ0n) is 13.5. The summed E-state index contributed by atoms with van der Waals surface area (Å²) in [6.07, 6.45) is 0. The van der Waals surface area contributed by atoms with Crippen molar-refractivity contribution in [1.29, 1.82) is 0 Å².